The molecule has 340 valence electrons. The van der Waals surface area contributed by atoms with Gasteiger partial charge in [0.2, 0.25) is 0 Å². The summed E-state index contributed by atoms with van der Waals surface area (Å²) in [5, 5.41) is 6.78. The number of carbonyl (C=O) groups excluding carboxylic acids is 3. The Morgan fingerprint density at radius 1 is 1.03 bits per heavy atom. The summed E-state index contributed by atoms with van der Waals surface area (Å²) in [5.74, 6) is -2.36. The average Bonchev–Trinajstić information content (AvgIpc) is 4.00. The van der Waals surface area contributed by atoms with E-state index >= 15 is 0 Å². The van der Waals surface area contributed by atoms with E-state index in [9.17, 15) is 14.4 Å². The van der Waals surface area contributed by atoms with Crippen molar-refractivity contribution >= 4 is 29.1 Å². The Kier molecular flexibility index (Phi) is 14.1. The Morgan fingerprint density at radius 3 is 2.47 bits per heavy atom. The molecule has 4 aliphatic heterocycles. The van der Waals surface area contributed by atoms with Crippen LogP contribution < -0.4 is 0 Å². The number of ketones is 1. The standard InChI is InChI=1S/C47H66N4O10S/c1-12-37-47(9)42(53)28(4)39(61-47)26(2)22-46(8)43(60-45-41(58-31(7)52)35(50(10)11)20-27(3)57-45)29(5)40(30(6)44(54)59-37)55-24-33(25-56-46)21-32-15-16-38(48-23-32)51-18-17-34(49-51)36-14-13-19-62-36/h13-19,23,26-30,33,35,37,39-41,43,45H,12,20-22,24-25H2,1-11H3/t26-,27-,28?,29-,30-,33?,35+,37-,39?,40+,41-,43-,45+,46-,47?/m1/s1. The molecule has 4 bridgehead atoms. The van der Waals surface area contributed by atoms with Crippen LogP contribution in [-0.2, 0) is 54.0 Å². The van der Waals surface area contributed by atoms with Gasteiger partial charge < -0.3 is 38.1 Å². The highest BCUT2D eigenvalue weighted by molar-refractivity contribution is 7.13. The van der Waals surface area contributed by atoms with E-state index in [-0.39, 0.29) is 43.0 Å². The SMILES string of the molecule is CC[C@H]1OC(=O)[C@H](C)[C@H]2OCC(Cc3ccc(-n4ccc(-c5cccs5)n4)nc3)CO[C@](C)(C[C@@H](C)C3OC1(C)C(=O)C3C)[C@H](O[C@@H]1O[C@H](C)C[C@H](N(C)C)[C@H]1OC(C)=O)[C@@H]2C. The minimum Gasteiger partial charge on any atom is -0.459 e. The summed E-state index contributed by atoms with van der Waals surface area (Å²) in [4.78, 5) is 49.1. The summed E-state index contributed by atoms with van der Waals surface area (Å²) in [6.45, 7) is 17.5. The van der Waals surface area contributed by atoms with Crippen LogP contribution in [0.2, 0.25) is 0 Å². The predicted octanol–water partition coefficient (Wildman–Crippen LogP) is 6.71. The van der Waals surface area contributed by atoms with Crippen molar-refractivity contribution in [2.24, 2.45) is 29.6 Å². The first-order chi connectivity index (χ1) is 29.4. The minimum absolute atomic E-state index is 0.0849. The lowest BCUT2D eigenvalue weighted by atomic mass is 9.75. The third-order valence-electron chi connectivity index (χ3n) is 13.7. The molecule has 0 aromatic carbocycles. The lowest BCUT2D eigenvalue weighted by molar-refractivity contribution is -0.305. The quantitative estimate of drug-likeness (QED) is 0.210. The molecule has 3 aromatic heterocycles. The van der Waals surface area contributed by atoms with Gasteiger partial charge >= 0.3 is 11.9 Å². The second-order valence-corrected chi connectivity index (χ2v) is 19.8. The van der Waals surface area contributed by atoms with E-state index < -0.39 is 77.7 Å². The van der Waals surface area contributed by atoms with Crippen molar-refractivity contribution in [3.8, 4) is 16.4 Å². The first-order valence-electron chi connectivity index (χ1n) is 22.3. The van der Waals surface area contributed by atoms with Crippen molar-refractivity contribution in [3.63, 3.8) is 0 Å². The normalized spacial score (nSPS) is 38.3. The number of rotatable bonds is 9. The van der Waals surface area contributed by atoms with Gasteiger partial charge in [-0.2, -0.15) is 5.10 Å². The fraction of sp³-hybridized carbons (Fsp3) is 0.681. The molecule has 3 aromatic rings. The average molecular weight is 879 g/mol. The number of cyclic esters (lactones) is 1. The highest BCUT2D eigenvalue weighted by atomic mass is 32.1. The molecular formula is C47H66N4O10S. The van der Waals surface area contributed by atoms with Gasteiger partial charge in [0.1, 0.15) is 11.8 Å². The number of hydrogen-bond donors (Lipinski definition) is 0. The van der Waals surface area contributed by atoms with E-state index in [0.29, 0.717) is 31.5 Å². The second-order valence-electron chi connectivity index (χ2n) is 18.9. The molecule has 4 unspecified atom stereocenters. The number of pyridine rings is 1. The molecule has 62 heavy (non-hydrogen) atoms. The van der Waals surface area contributed by atoms with Gasteiger partial charge in [0.15, 0.2) is 29.6 Å². The second kappa shape index (κ2) is 18.9. The van der Waals surface area contributed by atoms with Gasteiger partial charge in [-0.05, 0) is 103 Å². The van der Waals surface area contributed by atoms with Crippen LogP contribution in [0.3, 0.4) is 0 Å². The van der Waals surface area contributed by atoms with E-state index in [0.717, 1.165) is 16.1 Å². The summed E-state index contributed by atoms with van der Waals surface area (Å²) in [5.41, 5.74) is -0.477. The molecule has 15 heteroatoms. The monoisotopic (exact) mass is 878 g/mol. The van der Waals surface area contributed by atoms with Crippen LogP contribution in [0.1, 0.15) is 87.1 Å². The molecule has 0 radical (unpaired) electrons. The number of likely N-dealkylation sites (N-methyl/N-ethyl adjacent to an activating group) is 1. The van der Waals surface area contributed by atoms with Crippen LogP contribution in [0.25, 0.3) is 16.4 Å². The largest absolute Gasteiger partial charge is 0.459 e. The van der Waals surface area contributed by atoms with Gasteiger partial charge in [-0.15, -0.1) is 11.3 Å². The number of aromatic nitrogens is 3. The number of hydrogen-bond acceptors (Lipinski definition) is 14. The van der Waals surface area contributed by atoms with E-state index in [2.05, 4.69) is 13.0 Å². The Morgan fingerprint density at radius 2 is 1.81 bits per heavy atom. The third kappa shape index (κ3) is 9.45. The Labute approximate surface area is 370 Å². The maximum absolute atomic E-state index is 14.4. The van der Waals surface area contributed by atoms with Crippen molar-refractivity contribution in [1.29, 1.82) is 0 Å². The third-order valence-corrected chi connectivity index (χ3v) is 14.6. The van der Waals surface area contributed by atoms with Crippen LogP contribution in [0, 0.1) is 29.6 Å². The van der Waals surface area contributed by atoms with Gasteiger partial charge in [0, 0.05) is 37.1 Å². The molecule has 0 saturated carbocycles. The fourth-order valence-electron chi connectivity index (χ4n) is 10.5. The number of thiophene rings is 1. The topological polar surface area (TPSA) is 150 Å². The molecule has 0 spiro atoms. The summed E-state index contributed by atoms with van der Waals surface area (Å²) >= 11 is 1.64. The van der Waals surface area contributed by atoms with Crippen LogP contribution in [0.5, 0.6) is 0 Å². The zero-order valence-electron chi connectivity index (χ0n) is 38.1. The van der Waals surface area contributed by atoms with Crippen molar-refractivity contribution in [2.75, 3.05) is 27.3 Å². The Hall–Kier alpha value is -3.57. The van der Waals surface area contributed by atoms with Crippen molar-refractivity contribution in [3.05, 3.63) is 53.7 Å². The molecule has 0 N–H and O–H groups in total. The molecule has 14 nitrogen and oxygen atoms in total. The number of nitrogens with zero attached hydrogens (tertiary/aromatic N) is 4. The Bertz CT molecular complexity index is 2010. The molecule has 0 aliphatic carbocycles. The van der Waals surface area contributed by atoms with E-state index in [1.165, 1.54) is 6.92 Å². The maximum atomic E-state index is 14.4. The van der Waals surface area contributed by atoms with Gasteiger partial charge in [-0.25, -0.2) is 9.67 Å². The van der Waals surface area contributed by atoms with E-state index in [1.807, 2.05) is 103 Å². The summed E-state index contributed by atoms with van der Waals surface area (Å²) in [6, 6.07) is 9.86. The number of ether oxygens (including phenoxy) is 7. The van der Waals surface area contributed by atoms with Crippen molar-refractivity contribution < 1.29 is 47.5 Å². The molecule has 4 saturated heterocycles. The number of carbonyl (C=O) groups is 3. The molecule has 7 heterocycles. The number of esters is 2. The first kappa shape index (κ1) is 46.4. The zero-order valence-corrected chi connectivity index (χ0v) is 39.0. The minimum atomic E-state index is -1.31. The fourth-order valence-corrected chi connectivity index (χ4v) is 11.1. The van der Waals surface area contributed by atoms with Crippen LogP contribution >= 0.6 is 11.3 Å². The lowest BCUT2D eigenvalue weighted by Gasteiger charge is -2.49. The van der Waals surface area contributed by atoms with Gasteiger partial charge in [0.25, 0.3) is 0 Å². The van der Waals surface area contributed by atoms with Gasteiger partial charge in [-0.3, -0.25) is 14.4 Å². The highest BCUT2D eigenvalue weighted by Gasteiger charge is 2.59. The smallest absolute Gasteiger partial charge is 0.311 e. The molecule has 15 atom stereocenters. The lowest BCUT2D eigenvalue weighted by Crippen LogP contribution is -2.60. The van der Waals surface area contributed by atoms with Crippen LogP contribution in [0.4, 0.5) is 0 Å². The van der Waals surface area contributed by atoms with Gasteiger partial charge in [-0.1, -0.05) is 39.8 Å². The zero-order chi connectivity index (χ0) is 44.7. The predicted molar refractivity (Wildman–Crippen MR) is 233 cm³/mol. The first-order valence-corrected chi connectivity index (χ1v) is 23.2. The van der Waals surface area contributed by atoms with Crippen molar-refractivity contribution in [1.82, 2.24) is 19.7 Å². The summed E-state index contributed by atoms with van der Waals surface area (Å²) in [6.07, 6.45) is 1.15. The number of fused-ring (bicyclic) bond motifs is 5. The molecular weight excluding hydrogens is 813 g/mol. The molecule has 0 amide bonds. The molecule has 4 fully saturated rings. The van der Waals surface area contributed by atoms with E-state index in [1.54, 1.807) is 22.9 Å². The summed E-state index contributed by atoms with van der Waals surface area (Å²) < 4.78 is 48.7. The number of Topliss-reactive ketones (excluding diaryl/α,β-unsaturated/α-hetero) is 1. The van der Waals surface area contributed by atoms with Crippen molar-refractivity contribution in [2.45, 2.75) is 148 Å². The Balaban J connectivity index is 1.25. The highest BCUT2D eigenvalue weighted by Crippen LogP contribution is 2.46. The van der Waals surface area contributed by atoms with E-state index in [4.69, 9.17) is 43.2 Å². The van der Waals surface area contributed by atoms with Crippen LogP contribution in [0.15, 0.2) is 48.1 Å². The molecule has 4 aliphatic rings. The maximum Gasteiger partial charge on any atom is 0.311 e. The molecule has 7 rings (SSSR count). The summed E-state index contributed by atoms with van der Waals surface area (Å²) in [7, 11) is 3.91. The van der Waals surface area contributed by atoms with Gasteiger partial charge in [0.05, 0.1) is 60.1 Å². The van der Waals surface area contributed by atoms with Crippen LogP contribution in [-0.4, -0.2) is 125 Å².